The molecule has 270 valence electrons. The van der Waals surface area contributed by atoms with Crippen molar-refractivity contribution in [2.75, 3.05) is 49.3 Å². The first kappa shape index (κ1) is 37.1. The molecule has 0 aliphatic carbocycles. The highest BCUT2D eigenvalue weighted by Gasteiger charge is 2.31. The minimum absolute atomic E-state index is 0.195. The van der Waals surface area contributed by atoms with Crippen molar-refractivity contribution in [1.82, 2.24) is 9.80 Å². The van der Waals surface area contributed by atoms with E-state index in [1.807, 2.05) is 86.6 Å². The van der Waals surface area contributed by atoms with Crippen LogP contribution in [-0.2, 0) is 4.74 Å². The Morgan fingerprint density at radius 1 is 0.922 bits per heavy atom. The van der Waals surface area contributed by atoms with Gasteiger partial charge in [-0.25, -0.2) is 9.59 Å². The lowest BCUT2D eigenvalue weighted by Crippen LogP contribution is -2.48. The Labute approximate surface area is 299 Å². The number of nitrogens with zero attached hydrogens (tertiary/aromatic N) is 2. The summed E-state index contributed by atoms with van der Waals surface area (Å²) in [6.45, 7) is 6.50. The second-order valence-corrected chi connectivity index (χ2v) is 13.3. The van der Waals surface area contributed by atoms with Crippen LogP contribution < -0.4 is 20.7 Å². The molecule has 51 heavy (non-hydrogen) atoms. The highest BCUT2D eigenvalue weighted by molar-refractivity contribution is 6.07. The summed E-state index contributed by atoms with van der Waals surface area (Å²) < 4.78 is 12.7. The van der Waals surface area contributed by atoms with E-state index in [-0.39, 0.29) is 48.8 Å². The van der Waals surface area contributed by atoms with Crippen molar-refractivity contribution in [3.05, 3.63) is 96.6 Å². The van der Waals surface area contributed by atoms with Crippen LogP contribution in [0, 0.1) is 5.92 Å². The number of fused-ring (bicyclic) bond motifs is 2. The van der Waals surface area contributed by atoms with Crippen molar-refractivity contribution in [3.63, 3.8) is 0 Å². The van der Waals surface area contributed by atoms with E-state index in [1.54, 1.807) is 42.0 Å². The summed E-state index contributed by atoms with van der Waals surface area (Å²) in [5, 5.41) is 20.9. The highest BCUT2D eigenvalue weighted by atomic mass is 16.5. The number of para-hydroxylation sites is 1. The third-order valence-electron chi connectivity index (χ3n) is 9.17. The van der Waals surface area contributed by atoms with E-state index in [0.29, 0.717) is 36.0 Å². The number of amides is 5. The smallest absolute Gasteiger partial charge is 0.323 e. The molecule has 5 rings (SSSR count). The van der Waals surface area contributed by atoms with Crippen molar-refractivity contribution < 1.29 is 29.0 Å². The number of rotatable bonds is 7. The number of aliphatic hydroxyl groups excluding tert-OH is 1. The molecule has 0 spiro atoms. The Morgan fingerprint density at radius 3 is 2.45 bits per heavy atom. The van der Waals surface area contributed by atoms with Gasteiger partial charge in [-0.2, -0.15) is 0 Å². The first-order valence-electron chi connectivity index (χ1n) is 17.6. The molecule has 0 aromatic heterocycles. The fourth-order valence-electron chi connectivity index (χ4n) is 6.18. The molecule has 0 radical (unpaired) electrons. The molecule has 4 N–H and O–H groups in total. The molecule has 0 saturated heterocycles. The van der Waals surface area contributed by atoms with Gasteiger partial charge in [0.2, 0.25) is 0 Å². The normalized spacial score (nSPS) is 19.2. The lowest BCUT2D eigenvalue weighted by atomic mass is 10.0. The fourth-order valence-corrected chi connectivity index (χ4v) is 6.18. The molecule has 0 unspecified atom stereocenters. The van der Waals surface area contributed by atoms with E-state index >= 15 is 0 Å². The number of ether oxygens (including phenoxy) is 2. The van der Waals surface area contributed by atoms with Crippen LogP contribution in [0.5, 0.6) is 5.75 Å². The SMILES string of the molecule is C[C@@H]1CN([C@@H](C)CO)C(=O)c2cc(NC(=O)Nc3cccc4ccccc34)ccc2O[C@@H](C)CCCCO[C@H]1CN(C)C(=O)Nc1ccccc1. The average molecular weight is 696 g/mol. The van der Waals surface area contributed by atoms with E-state index in [9.17, 15) is 19.5 Å². The summed E-state index contributed by atoms with van der Waals surface area (Å²) in [6.07, 6.45) is 1.80. The van der Waals surface area contributed by atoms with Crippen LogP contribution in [0.15, 0.2) is 91.0 Å². The summed E-state index contributed by atoms with van der Waals surface area (Å²) >= 11 is 0. The number of hydrogen-bond acceptors (Lipinski definition) is 6. The zero-order valence-corrected chi connectivity index (χ0v) is 29.8. The Bertz CT molecular complexity index is 1780. The number of anilines is 3. The van der Waals surface area contributed by atoms with Gasteiger partial charge in [0, 0.05) is 49.4 Å². The molecule has 11 heteroatoms. The summed E-state index contributed by atoms with van der Waals surface area (Å²) in [4.78, 5) is 44.0. The van der Waals surface area contributed by atoms with E-state index in [0.717, 1.165) is 30.0 Å². The first-order chi connectivity index (χ1) is 24.6. The van der Waals surface area contributed by atoms with Gasteiger partial charge in [-0.3, -0.25) is 4.79 Å². The minimum Gasteiger partial charge on any atom is -0.490 e. The molecule has 0 fully saturated rings. The molecule has 5 amide bonds. The van der Waals surface area contributed by atoms with Crippen LogP contribution >= 0.6 is 0 Å². The van der Waals surface area contributed by atoms with Crippen LogP contribution in [-0.4, -0.2) is 84.5 Å². The van der Waals surface area contributed by atoms with Crippen LogP contribution in [0.2, 0.25) is 0 Å². The Hall–Kier alpha value is -5.13. The number of nitrogens with one attached hydrogen (secondary N) is 3. The molecule has 1 aliphatic heterocycles. The molecule has 0 bridgehead atoms. The number of carbonyl (C=O) groups is 3. The van der Waals surface area contributed by atoms with Crippen molar-refractivity contribution in [2.24, 2.45) is 5.92 Å². The maximum atomic E-state index is 14.5. The highest BCUT2D eigenvalue weighted by Crippen LogP contribution is 2.29. The van der Waals surface area contributed by atoms with Gasteiger partial charge in [-0.15, -0.1) is 0 Å². The van der Waals surface area contributed by atoms with Crippen LogP contribution in [0.1, 0.15) is 50.4 Å². The first-order valence-corrected chi connectivity index (χ1v) is 17.6. The molecule has 4 atom stereocenters. The summed E-state index contributed by atoms with van der Waals surface area (Å²) in [7, 11) is 1.72. The van der Waals surface area contributed by atoms with Crippen molar-refractivity contribution in [3.8, 4) is 5.75 Å². The van der Waals surface area contributed by atoms with E-state index < -0.39 is 12.1 Å². The molecule has 0 saturated carbocycles. The molecule has 11 nitrogen and oxygen atoms in total. The van der Waals surface area contributed by atoms with Crippen molar-refractivity contribution >= 4 is 45.8 Å². The molecule has 4 aromatic carbocycles. The zero-order chi connectivity index (χ0) is 36.3. The van der Waals surface area contributed by atoms with Crippen molar-refractivity contribution in [1.29, 1.82) is 0 Å². The van der Waals surface area contributed by atoms with E-state index in [2.05, 4.69) is 16.0 Å². The fraction of sp³-hybridized carbons (Fsp3) is 0.375. The second-order valence-electron chi connectivity index (χ2n) is 13.3. The van der Waals surface area contributed by atoms with E-state index in [1.165, 1.54) is 0 Å². The predicted octanol–water partition coefficient (Wildman–Crippen LogP) is 7.44. The molecule has 1 aliphatic rings. The van der Waals surface area contributed by atoms with Crippen LogP contribution in [0.25, 0.3) is 10.8 Å². The van der Waals surface area contributed by atoms with Gasteiger partial charge in [0.15, 0.2) is 0 Å². The molecular formula is C40H49N5O6. The summed E-state index contributed by atoms with van der Waals surface area (Å²) in [5.41, 5.74) is 2.03. The number of hydrogen-bond donors (Lipinski definition) is 4. The number of likely N-dealkylation sites (N-methyl/N-ethyl adjacent to an activating group) is 1. The zero-order valence-electron chi connectivity index (χ0n) is 29.8. The van der Waals surface area contributed by atoms with E-state index in [4.69, 9.17) is 9.47 Å². The van der Waals surface area contributed by atoms with Gasteiger partial charge >= 0.3 is 12.1 Å². The lowest BCUT2D eigenvalue weighted by Gasteiger charge is -2.35. The topological polar surface area (TPSA) is 132 Å². The molecule has 4 aromatic rings. The third kappa shape index (κ3) is 9.99. The van der Waals surface area contributed by atoms with Crippen molar-refractivity contribution in [2.45, 2.75) is 58.3 Å². The maximum absolute atomic E-state index is 14.5. The average Bonchev–Trinajstić information content (AvgIpc) is 3.13. The summed E-state index contributed by atoms with van der Waals surface area (Å²) in [6, 6.07) is 26.5. The number of aliphatic hydroxyl groups is 1. The number of carbonyl (C=O) groups excluding carboxylic acids is 3. The standard InChI is InChI=1S/C40H49N5O6/c1-27-24-45(28(2)26-46)38(47)34-23-32(41-39(48)43-35-19-12-15-30-14-8-9-18-33(30)35)20-21-36(34)51-29(3)13-10-11-22-50-37(27)25-44(4)40(49)42-31-16-6-5-7-17-31/h5-9,12,14-21,23,27-29,37,46H,10-11,13,22,24-26H2,1-4H3,(H,42,49)(H2,41,43,48)/t27-,28+,29+,37+/m1/s1. The Balaban J connectivity index is 1.38. The van der Waals surface area contributed by atoms with Gasteiger partial charge in [0.25, 0.3) is 5.91 Å². The second kappa shape index (κ2) is 17.7. The Kier molecular flexibility index (Phi) is 12.9. The largest absolute Gasteiger partial charge is 0.490 e. The van der Waals surface area contributed by atoms with Gasteiger partial charge in [-0.1, -0.05) is 61.5 Å². The minimum atomic E-state index is -0.538. The predicted molar refractivity (Wildman–Crippen MR) is 202 cm³/mol. The molecule has 1 heterocycles. The van der Waals surface area contributed by atoms with Crippen LogP contribution in [0.3, 0.4) is 0 Å². The summed E-state index contributed by atoms with van der Waals surface area (Å²) in [5.74, 6) is -0.166. The van der Waals surface area contributed by atoms with Gasteiger partial charge in [0.1, 0.15) is 5.75 Å². The number of benzene rings is 4. The lowest BCUT2D eigenvalue weighted by molar-refractivity contribution is -0.0115. The monoisotopic (exact) mass is 695 g/mol. The Morgan fingerprint density at radius 2 is 1.67 bits per heavy atom. The van der Waals surface area contributed by atoms with Gasteiger partial charge in [-0.05, 0) is 74.9 Å². The van der Waals surface area contributed by atoms with Crippen LogP contribution in [0.4, 0.5) is 26.7 Å². The van der Waals surface area contributed by atoms with Gasteiger partial charge in [0.05, 0.1) is 36.1 Å². The van der Waals surface area contributed by atoms with Gasteiger partial charge < -0.3 is 40.3 Å². The maximum Gasteiger partial charge on any atom is 0.323 e. The third-order valence-corrected chi connectivity index (χ3v) is 9.17. The molecular weight excluding hydrogens is 646 g/mol. The quantitative estimate of drug-likeness (QED) is 0.159. The number of urea groups is 2.